The van der Waals surface area contributed by atoms with Crippen molar-refractivity contribution in [3.8, 4) is 17.2 Å². The molecule has 0 saturated heterocycles. The molecule has 0 saturated carbocycles. The Kier molecular flexibility index (Phi) is 9.84. The van der Waals surface area contributed by atoms with Gasteiger partial charge in [-0.05, 0) is 96.5 Å². The Hall–Kier alpha value is -2.01. The maximum atomic E-state index is 12.4. The third-order valence-electron chi connectivity index (χ3n) is 5.12. The number of hydrogen-bond acceptors (Lipinski definition) is 5. The Balaban J connectivity index is 0.00000385. The zero-order valence-electron chi connectivity index (χ0n) is 19.8. The summed E-state index contributed by atoms with van der Waals surface area (Å²) in [6, 6.07) is 19.4. The fourth-order valence-corrected chi connectivity index (χ4v) is 4.61. The zero-order chi connectivity index (χ0) is 23.3. The quantitative estimate of drug-likeness (QED) is 0.306. The van der Waals surface area contributed by atoms with Gasteiger partial charge in [-0.15, -0.1) is 0 Å². The summed E-state index contributed by atoms with van der Waals surface area (Å²) >= 11 is 0. The van der Waals surface area contributed by atoms with Crippen LogP contribution < -0.4 is 43.5 Å². The van der Waals surface area contributed by atoms with E-state index in [1.54, 1.807) is 36.4 Å². The zero-order valence-corrected chi connectivity index (χ0v) is 22.7. The van der Waals surface area contributed by atoms with E-state index in [9.17, 15) is 14.6 Å². The molecule has 1 atom stereocenters. The summed E-state index contributed by atoms with van der Waals surface area (Å²) in [5.41, 5.74) is 6.18. The van der Waals surface area contributed by atoms with Gasteiger partial charge in [0.2, 0.25) is 0 Å². The predicted octanol–water partition coefficient (Wildman–Crippen LogP) is 3.67. The summed E-state index contributed by atoms with van der Waals surface area (Å²) < 4.78 is 22.7. The van der Waals surface area contributed by atoms with Gasteiger partial charge in [0.25, 0.3) is 0 Å². The van der Waals surface area contributed by atoms with Gasteiger partial charge in [0, 0.05) is 0 Å². The maximum absolute atomic E-state index is 12.4. The number of aryl methyl sites for hydroxylation is 2. The molecule has 33 heavy (non-hydrogen) atoms. The Morgan fingerprint density at radius 1 is 0.788 bits per heavy atom. The maximum Gasteiger partial charge on any atom is 1.00 e. The van der Waals surface area contributed by atoms with E-state index < -0.39 is 7.82 Å². The van der Waals surface area contributed by atoms with Gasteiger partial charge < -0.3 is 19.0 Å². The van der Waals surface area contributed by atoms with Crippen LogP contribution in [0.15, 0.2) is 66.7 Å². The summed E-state index contributed by atoms with van der Waals surface area (Å²) in [6.07, 6.45) is 1.63. The van der Waals surface area contributed by atoms with E-state index in [4.69, 9.17) is 9.05 Å². The van der Waals surface area contributed by atoms with Gasteiger partial charge in [0.05, 0.1) is 0 Å². The molecule has 0 aliphatic carbocycles. The molecule has 168 valence electrons. The van der Waals surface area contributed by atoms with E-state index in [0.717, 1.165) is 40.7 Å². The van der Waals surface area contributed by atoms with Gasteiger partial charge >= 0.3 is 37.4 Å². The van der Waals surface area contributed by atoms with Crippen LogP contribution in [-0.4, -0.2) is 5.11 Å². The third kappa shape index (κ3) is 7.49. The van der Waals surface area contributed by atoms with Crippen LogP contribution >= 0.6 is 7.82 Å². The average molecular weight is 474 g/mol. The van der Waals surface area contributed by atoms with Crippen LogP contribution in [-0.2, 0) is 4.57 Å². The number of phenolic OH excluding ortho intramolecular Hbond substituents is 1. The minimum absolute atomic E-state index is 0. The van der Waals surface area contributed by atoms with Crippen molar-refractivity contribution in [1.82, 2.24) is 0 Å². The first-order valence-corrected chi connectivity index (χ1v) is 12.1. The van der Waals surface area contributed by atoms with Crippen LogP contribution in [0.5, 0.6) is 17.2 Å². The summed E-state index contributed by atoms with van der Waals surface area (Å²) in [6.45, 7) is 7.92. The standard InChI is InChI=1S/C26H29O5P.Na/c1-5-25(20-7-11-22(27)12-8-20)26(6-2)21-9-13-23(14-10-21)30-32(28,29)31-24-16-18(3)15-19(4)17-24;/h7-17,27H,5-6H2,1-4H3,(H,28,29);/q;+1/p-1. The fourth-order valence-electron chi connectivity index (χ4n) is 3.83. The second kappa shape index (κ2) is 11.9. The Morgan fingerprint density at radius 2 is 1.21 bits per heavy atom. The van der Waals surface area contributed by atoms with E-state index in [-0.39, 0.29) is 46.8 Å². The van der Waals surface area contributed by atoms with Crippen molar-refractivity contribution in [3.63, 3.8) is 0 Å². The van der Waals surface area contributed by atoms with Crippen LogP contribution in [0.1, 0.15) is 48.9 Å². The molecule has 1 N–H and O–H groups in total. The van der Waals surface area contributed by atoms with E-state index in [2.05, 4.69) is 13.8 Å². The van der Waals surface area contributed by atoms with Gasteiger partial charge in [-0.3, -0.25) is 0 Å². The molecule has 0 radical (unpaired) electrons. The molecule has 5 nitrogen and oxygen atoms in total. The minimum Gasteiger partial charge on any atom is -0.736 e. The molecule has 0 aliphatic rings. The molecule has 7 heteroatoms. The number of phosphoric acid groups is 1. The van der Waals surface area contributed by atoms with Gasteiger partial charge in [0.15, 0.2) is 0 Å². The predicted molar refractivity (Wildman–Crippen MR) is 127 cm³/mol. The number of benzene rings is 3. The number of phosphoric ester groups is 1. The first-order chi connectivity index (χ1) is 15.2. The van der Waals surface area contributed by atoms with E-state index in [1.807, 2.05) is 44.2 Å². The molecule has 3 aromatic rings. The Morgan fingerprint density at radius 3 is 1.67 bits per heavy atom. The summed E-state index contributed by atoms with van der Waals surface area (Å²) in [5.74, 6) is 0.651. The molecule has 0 fully saturated rings. The van der Waals surface area contributed by atoms with Gasteiger partial charge in [-0.2, -0.15) is 0 Å². The van der Waals surface area contributed by atoms with Gasteiger partial charge in [-0.1, -0.05) is 44.2 Å². The third-order valence-corrected chi connectivity index (χ3v) is 5.99. The summed E-state index contributed by atoms with van der Waals surface area (Å²) in [5, 5.41) is 9.58. The minimum atomic E-state index is -4.58. The molecule has 0 bridgehead atoms. The molecular weight excluding hydrogens is 446 g/mol. The molecule has 0 heterocycles. The number of allylic oxidation sites excluding steroid dienone is 2. The van der Waals surface area contributed by atoms with Crippen molar-refractivity contribution in [2.75, 3.05) is 0 Å². The van der Waals surface area contributed by atoms with Crippen molar-refractivity contribution in [3.05, 3.63) is 89.0 Å². The topological polar surface area (TPSA) is 78.8 Å². The van der Waals surface area contributed by atoms with Crippen molar-refractivity contribution in [2.24, 2.45) is 0 Å². The second-order valence-corrected chi connectivity index (χ2v) is 8.95. The molecule has 0 aromatic heterocycles. The Bertz CT molecular complexity index is 1130. The smallest absolute Gasteiger partial charge is 0.736 e. The van der Waals surface area contributed by atoms with E-state index >= 15 is 0 Å². The second-order valence-electron chi connectivity index (χ2n) is 7.69. The van der Waals surface area contributed by atoms with Crippen LogP contribution in [0.25, 0.3) is 11.1 Å². The molecule has 1 unspecified atom stereocenters. The SMILES string of the molecule is CCC(=C(CC)c1ccc(OP(=O)([O-])Oc2cc(C)cc(C)c2)cc1)c1ccc(O)cc1.[Na+]. The molecule has 3 rings (SSSR count). The van der Waals surface area contributed by atoms with Crippen molar-refractivity contribution >= 4 is 19.0 Å². The van der Waals surface area contributed by atoms with Crippen molar-refractivity contribution in [2.45, 2.75) is 40.5 Å². The first-order valence-electron chi connectivity index (χ1n) is 10.6. The molecule has 0 spiro atoms. The summed E-state index contributed by atoms with van der Waals surface area (Å²) in [4.78, 5) is 12.4. The number of hydrogen-bond donors (Lipinski definition) is 1. The molecular formula is C26H28NaO5P. The van der Waals surface area contributed by atoms with E-state index in [1.165, 1.54) is 5.57 Å². The molecule has 0 aliphatic heterocycles. The summed E-state index contributed by atoms with van der Waals surface area (Å²) in [7, 11) is -4.58. The fraction of sp³-hybridized carbons (Fsp3) is 0.231. The van der Waals surface area contributed by atoms with Gasteiger partial charge in [-0.25, -0.2) is 4.57 Å². The molecule has 0 amide bonds. The number of aromatic hydroxyl groups is 1. The largest absolute Gasteiger partial charge is 1.00 e. The number of phenols is 1. The van der Waals surface area contributed by atoms with Crippen LogP contribution in [0, 0.1) is 13.8 Å². The van der Waals surface area contributed by atoms with Crippen LogP contribution in [0.4, 0.5) is 0 Å². The van der Waals surface area contributed by atoms with Crippen LogP contribution in [0.3, 0.4) is 0 Å². The first kappa shape index (κ1) is 27.2. The number of rotatable bonds is 8. The van der Waals surface area contributed by atoms with Crippen molar-refractivity contribution < 1.29 is 53.2 Å². The van der Waals surface area contributed by atoms with Crippen LogP contribution in [0.2, 0.25) is 0 Å². The van der Waals surface area contributed by atoms with Crippen molar-refractivity contribution in [1.29, 1.82) is 0 Å². The normalized spacial score (nSPS) is 13.4. The average Bonchev–Trinajstić information content (AvgIpc) is 2.72. The Labute approximate surface area is 218 Å². The monoisotopic (exact) mass is 474 g/mol. The van der Waals surface area contributed by atoms with Gasteiger partial charge in [0.1, 0.15) is 17.2 Å². The van der Waals surface area contributed by atoms with E-state index in [0.29, 0.717) is 0 Å². The molecule has 3 aromatic carbocycles.